The van der Waals surface area contributed by atoms with Crippen LogP contribution in [0.3, 0.4) is 0 Å². The summed E-state index contributed by atoms with van der Waals surface area (Å²) in [5, 5.41) is 0. The fourth-order valence-electron chi connectivity index (χ4n) is 4.39. The second-order valence-electron chi connectivity index (χ2n) is 9.44. The summed E-state index contributed by atoms with van der Waals surface area (Å²) in [4.78, 5) is 0. The van der Waals surface area contributed by atoms with E-state index in [9.17, 15) is 43.9 Å². The number of hydrogen-bond acceptors (Lipinski definition) is 3. The molecule has 0 aromatic heterocycles. The van der Waals surface area contributed by atoms with Gasteiger partial charge in [0.05, 0.1) is 13.2 Å². The van der Waals surface area contributed by atoms with Gasteiger partial charge >= 0.3 is 12.3 Å². The van der Waals surface area contributed by atoms with Gasteiger partial charge in [0.1, 0.15) is 46.0 Å². The average molecular weight is 596 g/mol. The molecule has 0 unspecified atom stereocenters. The first-order valence-corrected chi connectivity index (χ1v) is 12.4. The lowest BCUT2D eigenvalue weighted by Crippen LogP contribution is -2.28. The monoisotopic (exact) mass is 596 g/mol. The second-order valence-corrected chi connectivity index (χ2v) is 9.44. The number of unbranched alkanes of at least 4 members (excludes halogenated alkanes) is 1. The van der Waals surface area contributed by atoms with Crippen LogP contribution < -0.4 is 4.74 Å². The fraction of sp³-hybridized carbons (Fsp3) is 0.357. The Balaban J connectivity index is 1.53. The third kappa shape index (κ3) is 6.78. The van der Waals surface area contributed by atoms with E-state index >= 15 is 0 Å². The van der Waals surface area contributed by atoms with Gasteiger partial charge in [-0.15, -0.1) is 0 Å². The van der Waals surface area contributed by atoms with E-state index < -0.39 is 75.7 Å². The van der Waals surface area contributed by atoms with Crippen LogP contribution in [0.25, 0.3) is 11.1 Å². The van der Waals surface area contributed by atoms with Crippen LogP contribution in [0, 0.1) is 35.0 Å². The summed E-state index contributed by atoms with van der Waals surface area (Å²) < 4.78 is 155. The molecule has 4 rings (SSSR count). The van der Waals surface area contributed by atoms with Gasteiger partial charge < -0.3 is 14.2 Å². The highest BCUT2D eigenvalue weighted by Gasteiger charge is 2.42. The highest BCUT2D eigenvalue weighted by Crippen LogP contribution is 2.40. The summed E-state index contributed by atoms with van der Waals surface area (Å²) in [5.41, 5.74) is -5.47. The summed E-state index contributed by atoms with van der Waals surface area (Å²) in [5.74, 6) is -9.71. The Bertz CT molecular complexity index is 1350. The predicted octanol–water partition coefficient (Wildman–Crippen LogP) is 9.05. The van der Waals surface area contributed by atoms with Gasteiger partial charge in [0.2, 0.25) is 0 Å². The molecule has 3 aromatic rings. The number of hydrogen-bond donors (Lipinski definition) is 0. The maximum atomic E-state index is 14.8. The molecule has 1 saturated heterocycles. The standard InChI is InChI=1S/C28H22F10O3/c1-2-3-4-14-12-39-26(40-13-14)16-9-22(32)25(23(33)10-16)28(37,38)41-17-5-6-18(19(29)11-17)15-7-20(30)24(21(31)8-15)27(34,35)36/h5-11,14,26H,2-4,12-13H2,1H3. The summed E-state index contributed by atoms with van der Waals surface area (Å²) in [6.45, 7) is 2.52. The van der Waals surface area contributed by atoms with Crippen molar-refractivity contribution in [2.75, 3.05) is 13.2 Å². The van der Waals surface area contributed by atoms with Crippen molar-refractivity contribution < 1.29 is 58.1 Å². The minimum atomic E-state index is -5.36. The molecule has 0 radical (unpaired) electrons. The summed E-state index contributed by atoms with van der Waals surface area (Å²) in [6, 6.07) is 3.34. The van der Waals surface area contributed by atoms with Crippen LogP contribution in [0.1, 0.15) is 49.2 Å². The van der Waals surface area contributed by atoms with E-state index in [1.54, 1.807) is 0 Å². The van der Waals surface area contributed by atoms with Crippen molar-refractivity contribution in [3.8, 4) is 16.9 Å². The molecule has 41 heavy (non-hydrogen) atoms. The normalized spacial score (nSPS) is 18.0. The lowest BCUT2D eigenvalue weighted by molar-refractivity contribution is -0.206. The van der Waals surface area contributed by atoms with Gasteiger partial charge in [0, 0.05) is 23.1 Å². The van der Waals surface area contributed by atoms with E-state index in [4.69, 9.17) is 9.47 Å². The van der Waals surface area contributed by atoms with E-state index in [2.05, 4.69) is 4.74 Å². The molecule has 0 saturated carbocycles. The van der Waals surface area contributed by atoms with Crippen molar-refractivity contribution in [1.82, 2.24) is 0 Å². The molecule has 0 N–H and O–H groups in total. The van der Waals surface area contributed by atoms with Gasteiger partial charge in [-0.25, -0.2) is 22.0 Å². The first kappa shape index (κ1) is 30.6. The molecule has 0 aliphatic carbocycles. The van der Waals surface area contributed by atoms with E-state index in [1.807, 2.05) is 6.92 Å². The van der Waals surface area contributed by atoms with E-state index in [1.165, 1.54) is 0 Å². The zero-order valence-electron chi connectivity index (χ0n) is 21.2. The number of alkyl halides is 5. The molecule has 0 bridgehead atoms. The van der Waals surface area contributed by atoms with Crippen molar-refractivity contribution >= 4 is 0 Å². The quantitative estimate of drug-likeness (QED) is 0.243. The van der Waals surface area contributed by atoms with Crippen LogP contribution in [0.15, 0.2) is 42.5 Å². The lowest BCUT2D eigenvalue weighted by Gasteiger charge is -2.30. The topological polar surface area (TPSA) is 27.7 Å². The van der Waals surface area contributed by atoms with Gasteiger partial charge in [-0.3, -0.25) is 0 Å². The van der Waals surface area contributed by atoms with Crippen LogP contribution in [0.4, 0.5) is 43.9 Å². The molecule has 0 spiro atoms. The predicted molar refractivity (Wildman–Crippen MR) is 125 cm³/mol. The first-order valence-electron chi connectivity index (χ1n) is 12.4. The smallest absolute Gasteiger partial charge is 0.429 e. The molecule has 0 amide bonds. The molecule has 222 valence electrons. The molecule has 1 heterocycles. The molecular weight excluding hydrogens is 574 g/mol. The SMILES string of the molecule is CCCCC1COC(c2cc(F)c(C(F)(F)Oc3ccc(-c4cc(F)c(C(F)(F)F)c(F)c4)c(F)c3)c(F)c2)OC1. The Labute approximate surface area is 227 Å². The van der Waals surface area contributed by atoms with Crippen LogP contribution in [-0.2, 0) is 21.8 Å². The summed E-state index contributed by atoms with van der Waals surface area (Å²) in [7, 11) is 0. The van der Waals surface area contributed by atoms with E-state index in [-0.39, 0.29) is 36.8 Å². The van der Waals surface area contributed by atoms with Crippen LogP contribution >= 0.6 is 0 Å². The zero-order valence-corrected chi connectivity index (χ0v) is 21.2. The molecule has 1 fully saturated rings. The fourth-order valence-corrected chi connectivity index (χ4v) is 4.39. The van der Waals surface area contributed by atoms with Crippen molar-refractivity contribution in [2.45, 2.75) is 44.8 Å². The van der Waals surface area contributed by atoms with Gasteiger partial charge in [-0.05, 0) is 48.4 Å². The highest BCUT2D eigenvalue weighted by molar-refractivity contribution is 5.66. The molecule has 3 nitrogen and oxygen atoms in total. The summed E-state index contributed by atoms with van der Waals surface area (Å²) in [6.07, 6.45) is -8.47. The highest BCUT2D eigenvalue weighted by atomic mass is 19.4. The first-order chi connectivity index (χ1) is 19.2. The van der Waals surface area contributed by atoms with Crippen molar-refractivity contribution in [3.63, 3.8) is 0 Å². The van der Waals surface area contributed by atoms with Crippen molar-refractivity contribution in [2.24, 2.45) is 5.92 Å². The Morgan fingerprint density at radius 3 is 1.83 bits per heavy atom. The number of ether oxygens (including phenoxy) is 3. The van der Waals surface area contributed by atoms with Gasteiger partial charge in [0.15, 0.2) is 6.29 Å². The average Bonchev–Trinajstić information content (AvgIpc) is 2.85. The molecule has 0 atom stereocenters. The third-order valence-corrected chi connectivity index (χ3v) is 6.38. The van der Waals surface area contributed by atoms with E-state index in [0.29, 0.717) is 30.3 Å². The van der Waals surface area contributed by atoms with Gasteiger partial charge in [-0.1, -0.05) is 19.8 Å². The molecule has 3 aromatic carbocycles. The Morgan fingerprint density at radius 1 is 0.756 bits per heavy atom. The van der Waals surface area contributed by atoms with Gasteiger partial charge in [-0.2, -0.15) is 22.0 Å². The molecule has 1 aliphatic heterocycles. The number of rotatable bonds is 8. The molecule has 13 heteroatoms. The second kappa shape index (κ2) is 11.9. The Kier molecular flexibility index (Phi) is 8.88. The lowest BCUT2D eigenvalue weighted by atomic mass is 10.0. The minimum absolute atomic E-state index is 0.0852. The Hall–Kier alpha value is -3.32. The molecule has 1 aliphatic rings. The molecular formula is C28H22F10O3. The van der Waals surface area contributed by atoms with Crippen LogP contribution in [-0.4, -0.2) is 13.2 Å². The minimum Gasteiger partial charge on any atom is -0.429 e. The third-order valence-electron chi connectivity index (χ3n) is 6.38. The van der Waals surface area contributed by atoms with Crippen molar-refractivity contribution in [1.29, 1.82) is 0 Å². The maximum Gasteiger partial charge on any atom is 0.432 e. The van der Waals surface area contributed by atoms with E-state index in [0.717, 1.165) is 19.3 Å². The van der Waals surface area contributed by atoms with Crippen molar-refractivity contribution in [3.05, 3.63) is 88.2 Å². The number of halogens is 10. The Morgan fingerprint density at radius 2 is 1.32 bits per heavy atom. The zero-order chi connectivity index (χ0) is 30.1. The maximum absolute atomic E-state index is 14.8. The van der Waals surface area contributed by atoms with Crippen LogP contribution in [0.2, 0.25) is 0 Å². The summed E-state index contributed by atoms with van der Waals surface area (Å²) >= 11 is 0. The largest absolute Gasteiger partial charge is 0.432 e. The number of benzene rings is 3. The van der Waals surface area contributed by atoms with Crippen LogP contribution in [0.5, 0.6) is 5.75 Å². The van der Waals surface area contributed by atoms with Gasteiger partial charge in [0.25, 0.3) is 0 Å².